The molecular weight excluding hydrogens is 240 g/mol. The summed E-state index contributed by atoms with van der Waals surface area (Å²) in [6.45, 7) is 1.74. The van der Waals surface area contributed by atoms with Crippen LogP contribution in [0.5, 0.6) is 0 Å². The average molecular weight is 264 g/mol. The molecule has 2 saturated carbocycles. The summed E-state index contributed by atoms with van der Waals surface area (Å²) in [5.74, 6) is 1.89. The van der Waals surface area contributed by atoms with Crippen molar-refractivity contribution in [3.8, 4) is 0 Å². The van der Waals surface area contributed by atoms with Crippen molar-refractivity contribution in [1.82, 2.24) is 0 Å². The van der Waals surface area contributed by atoms with Crippen LogP contribution in [0.15, 0.2) is 12.2 Å². The molecule has 0 spiro atoms. The highest BCUT2D eigenvalue weighted by Gasteiger charge is 2.48. The summed E-state index contributed by atoms with van der Waals surface area (Å²) in [7, 11) is 0. The van der Waals surface area contributed by atoms with Crippen LogP contribution in [-0.2, 0) is 9.59 Å². The van der Waals surface area contributed by atoms with Gasteiger partial charge in [0.1, 0.15) is 5.78 Å². The average Bonchev–Trinajstić information content (AvgIpc) is 2.93. The Morgan fingerprint density at radius 1 is 1.21 bits per heavy atom. The van der Waals surface area contributed by atoms with Crippen LogP contribution in [0.3, 0.4) is 0 Å². The minimum atomic E-state index is -0.724. The molecule has 0 heterocycles. The maximum absolute atomic E-state index is 11.8. The van der Waals surface area contributed by atoms with Gasteiger partial charge in [0.15, 0.2) is 0 Å². The van der Waals surface area contributed by atoms with Gasteiger partial charge in [0.2, 0.25) is 0 Å². The second-order valence-electron chi connectivity index (χ2n) is 6.13. The molecule has 0 aromatic rings. The molecule has 2 fully saturated rings. The van der Waals surface area contributed by atoms with Gasteiger partial charge in [-0.25, -0.2) is 0 Å². The number of carboxylic acid groups (broad SMARTS) is 1. The monoisotopic (exact) mass is 264 g/mol. The van der Waals surface area contributed by atoms with E-state index in [4.69, 9.17) is 5.11 Å². The van der Waals surface area contributed by atoms with Gasteiger partial charge in [0.05, 0.1) is 0 Å². The fourth-order valence-electron chi connectivity index (χ4n) is 4.13. The second kappa shape index (κ2) is 6.36. The Bertz CT molecular complexity index is 372. The molecule has 106 valence electrons. The highest BCUT2D eigenvalue weighted by atomic mass is 16.4. The van der Waals surface area contributed by atoms with Crippen LogP contribution in [0.1, 0.15) is 51.9 Å². The lowest BCUT2D eigenvalue weighted by Crippen LogP contribution is -2.27. The SMILES string of the molecule is CC(=O)C1C2CCC(C2)C1CC=CCCCC(=O)O. The van der Waals surface area contributed by atoms with E-state index in [2.05, 4.69) is 12.2 Å². The van der Waals surface area contributed by atoms with Crippen LogP contribution in [0.4, 0.5) is 0 Å². The first-order chi connectivity index (χ1) is 9.09. The van der Waals surface area contributed by atoms with Gasteiger partial charge >= 0.3 is 5.97 Å². The first-order valence-corrected chi connectivity index (χ1v) is 7.47. The summed E-state index contributed by atoms with van der Waals surface area (Å²) in [6.07, 6.45) is 10.8. The third-order valence-corrected chi connectivity index (χ3v) is 4.89. The second-order valence-corrected chi connectivity index (χ2v) is 6.13. The Morgan fingerprint density at radius 3 is 2.63 bits per heavy atom. The fourth-order valence-corrected chi connectivity index (χ4v) is 4.13. The molecule has 19 heavy (non-hydrogen) atoms. The summed E-state index contributed by atoms with van der Waals surface area (Å²) >= 11 is 0. The molecule has 3 heteroatoms. The third-order valence-electron chi connectivity index (χ3n) is 4.89. The van der Waals surface area contributed by atoms with Crippen LogP contribution < -0.4 is 0 Å². The number of ketones is 1. The summed E-state index contributed by atoms with van der Waals surface area (Å²) < 4.78 is 0. The van der Waals surface area contributed by atoms with E-state index >= 15 is 0 Å². The van der Waals surface area contributed by atoms with E-state index < -0.39 is 5.97 Å². The van der Waals surface area contributed by atoms with E-state index in [1.54, 1.807) is 6.92 Å². The number of hydrogen-bond donors (Lipinski definition) is 1. The molecule has 2 bridgehead atoms. The number of fused-ring (bicyclic) bond motifs is 2. The van der Waals surface area contributed by atoms with Gasteiger partial charge in [-0.1, -0.05) is 12.2 Å². The van der Waals surface area contributed by atoms with Crippen molar-refractivity contribution in [1.29, 1.82) is 0 Å². The van der Waals surface area contributed by atoms with Crippen molar-refractivity contribution in [3.63, 3.8) is 0 Å². The number of carboxylic acids is 1. The minimum absolute atomic E-state index is 0.245. The zero-order valence-corrected chi connectivity index (χ0v) is 11.7. The quantitative estimate of drug-likeness (QED) is 0.566. The van der Waals surface area contributed by atoms with Crippen LogP contribution in [0.25, 0.3) is 0 Å². The fraction of sp³-hybridized carbons (Fsp3) is 0.750. The molecule has 2 aliphatic rings. The zero-order chi connectivity index (χ0) is 13.8. The lowest BCUT2D eigenvalue weighted by molar-refractivity contribution is -0.137. The Morgan fingerprint density at radius 2 is 1.95 bits per heavy atom. The molecule has 4 unspecified atom stereocenters. The van der Waals surface area contributed by atoms with Crippen molar-refractivity contribution >= 4 is 11.8 Å². The first kappa shape index (κ1) is 14.3. The molecule has 0 aliphatic heterocycles. The topological polar surface area (TPSA) is 54.4 Å². The van der Waals surface area contributed by atoms with Crippen molar-refractivity contribution in [3.05, 3.63) is 12.2 Å². The van der Waals surface area contributed by atoms with Gasteiger partial charge in [0, 0.05) is 12.3 Å². The molecule has 3 nitrogen and oxygen atoms in total. The maximum atomic E-state index is 11.8. The van der Waals surface area contributed by atoms with E-state index in [1.165, 1.54) is 19.3 Å². The van der Waals surface area contributed by atoms with Crippen molar-refractivity contribution in [2.45, 2.75) is 51.9 Å². The standard InChI is InChI=1S/C16H24O3/c1-11(17)16-13-9-8-12(10-13)14(16)6-4-2-3-5-7-15(18)19/h2,4,12-14,16H,3,5-10H2,1H3,(H,18,19). The molecule has 2 rings (SSSR count). The molecule has 4 atom stereocenters. The normalized spacial score (nSPS) is 33.1. The van der Waals surface area contributed by atoms with Crippen LogP contribution in [-0.4, -0.2) is 16.9 Å². The molecule has 0 aromatic carbocycles. The van der Waals surface area contributed by atoms with Crippen molar-refractivity contribution in [2.75, 3.05) is 0 Å². The molecule has 2 aliphatic carbocycles. The van der Waals surface area contributed by atoms with Crippen molar-refractivity contribution in [2.24, 2.45) is 23.7 Å². The summed E-state index contributed by atoms with van der Waals surface area (Å²) in [5, 5.41) is 8.55. The zero-order valence-electron chi connectivity index (χ0n) is 11.7. The van der Waals surface area contributed by atoms with E-state index in [9.17, 15) is 9.59 Å². The number of carbonyl (C=O) groups is 2. The van der Waals surface area contributed by atoms with Gasteiger partial charge in [0.25, 0.3) is 0 Å². The van der Waals surface area contributed by atoms with Crippen LogP contribution in [0, 0.1) is 23.7 Å². The molecule has 0 radical (unpaired) electrons. The Hall–Kier alpha value is -1.12. The molecule has 0 saturated heterocycles. The van der Waals surface area contributed by atoms with E-state index in [0.29, 0.717) is 30.0 Å². The van der Waals surface area contributed by atoms with E-state index in [0.717, 1.165) is 18.8 Å². The Kier molecular flexibility index (Phi) is 4.78. The van der Waals surface area contributed by atoms with Gasteiger partial charge in [-0.2, -0.15) is 0 Å². The number of aliphatic carboxylic acids is 1. The summed E-state index contributed by atoms with van der Waals surface area (Å²) in [6, 6.07) is 0. The van der Waals surface area contributed by atoms with Crippen LogP contribution >= 0.6 is 0 Å². The predicted octanol–water partition coefficient (Wildman–Crippen LogP) is 3.44. The number of hydrogen-bond acceptors (Lipinski definition) is 2. The van der Waals surface area contributed by atoms with Crippen LogP contribution in [0.2, 0.25) is 0 Å². The first-order valence-electron chi connectivity index (χ1n) is 7.47. The lowest BCUT2D eigenvalue weighted by atomic mass is 9.75. The number of allylic oxidation sites excluding steroid dienone is 2. The number of rotatable bonds is 7. The van der Waals surface area contributed by atoms with Gasteiger partial charge in [-0.15, -0.1) is 0 Å². The highest BCUT2D eigenvalue weighted by Crippen LogP contribution is 2.53. The number of Topliss-reactive ketones (excluding diaryl/α,β-unsaturated/α-hetero) is 1. The maximum Gasteiger partial charge on any atom is 0.303 e. The predicted molar refractivity (Wildman–Crippen MR) is 73.7 cm³/mol. The largest absolute Gasteiger partial charge is 0.481 e. The number of unbranched alkanes of at least 4 members (excludes halogenated alkanes) is 1. The lowest BCUT2D eigenvalue weighted by Gasteiger charge is -2.28. The molecule has 0 aromatic heterocycles. The Labute approximate surface area is 115 Å². The molecule has 1 N–H and O–H groups in total. The highest BCUT2D eigenvalue weighted by molar-refractivity contribution is 5.79. The third kappa shape index (κ3) is 3.46. The summed E-state index contributed by atoms with van der Waals surface area (Å²) in [5.41, 5.74) is 0. The van der Waals surface area contributed by atoms with E-state index in [-0.39, 0.29) is 6.42 Å². The summed E-state index contributed by atoms with van der Waals surface area (Å²) in [4.78, 5) is 22.2. The smallest absolute Gasteiger partial charge is 0.303 e. The van der Waals surface area contributed by atoms with E-state index in [1.807, 2.05) is 0 Å². The molecule has 0 amide bonds. The van der Waals surface area contributed by atoms with Gasteiger partial charge < -0.3 is 5.11 Å². The Balaban J connectivity index is 1.77. The van der Waals surface area contributed by atoms with Gasteiger partial charge in [-0.05, 0) is 63.2 Å². The minimum Gasteiger partial charge on any atom is -0.481 e. The van der Waals surface area contributed by atoms with Crippen molar-refractivity contribution < 1.29 is 14.7 Å². The number of carbonyl (C=O) groups excluding carboxylic acids is 1. The molecular formula is C16H24O3. The van der Waals surface area contributed by atoms with Gasteiger partial charge in [-0.3, -0.25) is 9.59 Å².